The summed E-state index contributed by atoms with van der Waals surface area (Å²) >= 11 is 3.96. The number of hydrogen-bond acceptors (Lipinski definition) is 8. The van der Waals surface area contributed by atoms with Crippen LogP contribution in [-0.4, -0.2) is 70.5 Å². The molecule has 0 radical (unpaired) electrons. The molecule has 0 heterocycles. The van der Waals surface area contributed by atoms with Gasteiger partial charge in [0.25, 0.3) is 0 Å². The van der Waals surface area contributed by atoms with Gasteiger partial charge in [0.1, 0.15) is 18.1 Å². The van der Waals surface area contributed by atoms with E-state index < -0.39 is 78.4 Å². The average Bonchev–Trinajstić information content (AvgIpc) is 2.61. The number of aliphatic carboxylic acids is 1. The van der Waals surface area contributed by atoms with Crippen LogP contribution in [0.3, 0.4) is 0 Å². The number of primary amides is 2. The van der Waals surface area contributed by atoms with Crippen LogP contribution in [0.1, 0.15) is 26.7 Å². The summed E-state index contributed by atoms with van der Waals surface area (Å²) in [4.78, 5) is 69.9. The maximum atomic E-state index is 12.6. The molecule has 0 rings (SSSR count). The number of carboxylic acids is 1. The second-order valence-corrected chi connectivity index (χ2v) is 7.19. The molecule has 0 aromatic heterocycles. The Kier molecular flexibility index (Phi) is 11.4. The van der Waals surface area contributed by atoms with Crippen LogP contribution in [0.5, 0.6) is 0 Å². The molecule has 4 unspecified atom stereocenters. The highest BCUT2D eigenvalue weighted by Gasteiger charge is 2.31. The van der Waals surface area contributed by atoms with Gasteiger partial charge >= 0.3 is 5.97 Å². The van der Waals surface area contributed by atoms with Crippen molar-refractivity contribution in [3.05, 3.63) is 0 Å². The highest BCUT2D eigenvalue weighted by atomic mass is 32.1. The first kappa shape index (κ1) is 27.1. The van der Waals surface area contributed by atoms with Crippen molar-refractivity contribution in [1.29, 1.82) is 0 Å². The van der Waals surface area contributed by atoms with Gasteiger partial charge in [-0.2, -0.15) is 12.6 Å². The van der Waals surface area contributed by atoms with Crippen LogP contribution in [0.15, 0.2) is 0 Å². The molecule has 13 nitrogen and oxygen atoms in total. The number of carbonyl (C=O) groups excluding carboxylic acids is 5. The van der Waals surface area contributed by atoms with Gasteiger partial charge < -0.3 is 38.3 Å². The zero-order chi connectivity index (χ0) is 23.6. The lowest BCUT2D eigenvalue weighted by molar-refractivity contribution is -0.143. The van der Waals surface area contributed by atoms with Crippen molar-refractivity contribution in [2.75, 3.05) is 5.75 Å². The highest BCUT2D eigenvalue weighted by Crippen LogP contribution is 2.05. The molecule has 0 fully saturated rings. The molecule has 0 saturated carbocycles. The second-order valence-electron chi connectivity index (χ2n) is 6.82. The predicted molar refractivity (Wildman–Crippen MR) is 108 cm³/mol. The first-order valence-corrected chi connectivity index (χ1v) is 9.50. The Balaban J connectivity index is 5.19. The highest BCUT2D eigenvalue weighted by molar-refractivity contribution is 7.80. The summed E-state index contributed by atoms with van der Waals surface area (Å²) in [6, 6.07) is -5.23. The third kappa shape index (κ3) is 9.56. The molecule has 0 aromatic carbocycles. The molecule has 0 bridgehead atoms. The van der Waals surface area contributed by atoms with E-state index in [2.05, 4.69) is 28.6 Å². The standard InChI is InChI=1S/C16H28N6O7S/c1-6(2)12(22-13(25)7(17)3-10(18)23)15(27)21-9(5-30)14(26)20-8(16(28)29)4-11(19)24/h6-9,12,30H,3-5,17H2,1-2H3,(H2,18,23)(H2,19,24)(H,20,26)(H,21,27)(H,22,25)(H,28,29). The SMILES string of the molecule is CC(C)C(NC(=O)C(N)CC(N)=O)C(=O)NC(CS)C(=O)NC(CC(N)=O)C(=O)O. The first-order valence-electron chi connectivity index (χ1n) is 8.87. The molecule has 0 aliphatic rings. The number of carboxylic acid groups (broad SMARTS) is 1. The number of nitrogens with two attached hydrogens (primary N) is 3. The van der Waals surface area contributed by atoms with Crippen molar-refractivity contribution in [1.82, 2.24) is 16.0 Å². The van der Waals surface area contributed by atoms with Crippen LogP contribution in [0.25, 0.3) is 0 Å². The van der Waals surface area contributed by atoms with Crippen LogP contribution < -0.4 is 33.2 Å². The quantitative estimate of drug-likeness (QED) is 0.130. The summed E-state index contributed by atoms with van der Waals surface area (Å²) < 4.78 is 0. The van der Waals surface area contributed by atoms with Gasteiger partial charge in [0, 0.05) is 5.75 Å². The van der Waals surface area contributed by atoms with Crippen molar-refractivity contribution in [3.8, 4) is 0 Å². The lowest BCUT2D eigenvalue weighted by atomic mass is 10.0. The van der Waals surface area contributed by atoms with Crippen LogP contribution in [-0.2, 0) is 28.8 Å². The largest absolute Gasteiger partial charge is 0.480 e. The first-order chi connectivity index (χ1) is 13.8. The molecule has 0 saturated heterocycles. The third-order valence-electron chi connectivity index (χ3n) is 3.84. The smallest absolute Gasteiger partial charge is 0.326 e. The van der Waals surface area contributed by atoms with Crippen molar-refractivity contribution in [2.24, 2.45) is 23.1 Å². The van der Waals surface area contributed by atoms with E-state index in [4.69, 9.17) is 22.3 Å². The summed E-state index contributed by atoms with van der Waals surface area (Å²) in [5, 5.41) is 15.9. The zero-order valence-corrected chi connectivity index (χ0v) is 17.5. The van der Waals surface area contributed by atoms with Gasteiger partial charge in [-0.15, -0.1) is 0 Å². The number of amides is 5. The van der Waals surface area contributed by atoms with Crippen molar-refractivity contribution >= 4 is 48.1 Å². The summed E-state index contributed by atoms with van der Waals surface area (Å²) in [6.07, 6.45) is -1.06. The van der Waals surface area contributed by atoms with Crippen molar-refractivity contribution < 1.29 is 33.9 Å². The van der Waals surface area contributed by atoms with E-state index in [1.165, 1.54) is 0 Å². The summed E-state index contributed by atoms with van der Waals surface area (Å²) in [7, 11) is 0. The fourth-order valence-electron chi connectivity index (χ4n) is 2.23. The fourth-order valence-corrected chi connectivity index (χ4v) is 2.49. The monoisotopic (exact) mass is 448 g/mol. The summed E-state index contributed by atoms with van der Waals surface area (Å²) in [6.45, 7) is 3.24. The normalized spacial score (nSPS) is 14.7. The molecular formula is C16H28N6O7S. The van der Waals surface area contributed by atoms with Gasteiger partial charge in [0.15, 0.2) is 0 Å². The predicted octanol–water partition coefficient (Wildman–Crippen LogP) is -3.81. The number of nitrogens with one attached hydrogen (secondary N) is 3. The molecule has 0 aromatic rings. The lowest BCUT2D eigenvalue weighted by Crippen LogP contribution is -2.59. The molecule has 14 heteroatoms. The summed E-state index contributed by atoms with van der Waals surface area (Å²) in [5.41, 5.74) is 15.5. The molecule has 0 spiro atoms. The van der Waals surface area contributed by atoms with E-state index >= 15 is 0 Å². The average molecular weight is 449 g/mol. The Morgan fingerprint density at radius 1 is 0.833 bits per heavy atom. The van der Waals surface area contributed by atoms with E-state index in [-0.39, 0.29) is 5.75 Å². The van der Waals surface area contributed by atoms with Crippen LogP contribution >= 0.6 is 12.6 Å². The minimum Gasteiger partial charge on any atom is -0.480 e. The second kappa shape index (κ2) is 12.6. The van der Waals surface area contributed by atoms with Crippen LogP contribution in [0, 0.1) is 5.92 Å². The van der Waals surface area contributed by atoms with E-state index in [9.17, 15) is 28.8 Å². The number of carbonyl (C=O) groups is 6. The van der Waals surface area contributed by atoms with E-state index in [0.717, 1.165) is 0 Å². The fraction of sp³-hybridized carbons (Fsp3) is 0.625. The molecule has 5 amide bonds. The molecule has 0 aliphatic carbocycles. The van der Waals surface area contributed by atoms with Crippen molar-refractivity contribution in [2.45, 2.75) is 50.9 Å². The third-order valence-corrected chi connectivity index (χ3v) is 4.21. The molecule has 0 aliphatic heterocycles. The maximum absolute atomic E-state index is 12.6. The zero-order valence-electron chi connectivity index (χ0n) is 16.6. The molecular weight excluding hydrogens is 420 g/mol. The van der Waals surface area contributed by atoms with Gasteiger partial charge in [-0.25, -0.2) is 4.79 Å². The number of thiol groups is 1. The van der Waals surface area contributed by atoms with Gasteiger partial charge in [-0.1, -0.05) is 13.8 Å². The lowest BCUT2D eigenvalue weighted by Gasteiger charge is -2.26. The van der Waals surface area contributed by atoms with Gasteiger partial charge in [0.2, 0.25) is 29.5 Å². The number of hydrogen-bond donors (Lipinski definition) is 8. The maximum Gasteiger partial charge on any atom is 0.326 e. The minimum absolute atomic E-state index is 0.208. The summed E-state index contributed by atoms with van der Waals surface area (Å²) in [5.74, 6) is -6.32. The van der Waals surface area contributed by atoms with Crippen molar-refractivity contribution in [3.63, 3.8) is 0 Å². The molecule has 10 N–H and O–H groups in total. The minimum atomic E-state index is -1.58. The topological polar surface area (TPSA) is 237 Å². The Hall–Kier alpha value is -2.87. The molecule has 4 atom stereocenters. The Morgan fingerprint density at radius 3 is 1.73 bits per heavy atom. The van der Waals surface area contributed by atoms with E-state index in [0.29, 0.717) is 0 Å². The van der Waals surface area contributed by atoms with Gasteiger partial charge in [-0.3, -0.25) is 24.0 Å². The van der Waals surface area contributed by atoms with Crippen LogP contribution in [0.2, 0.25) is 0 Å². The Bertz CT molecular complexity index is 687. The van der Waals surface area contributed by atoms with Crippen LogP contribution in [0.4, 0.5) is 0 Å². The molecule has 170 valence electrons. The van der Waals surface area contributed by atoms with E-state index in [1.54, 1.807) is 13.8 Å². The Labute approximate surface area is 178 Å². The van der Waals surface area contributed by atoms with Gasteiger partial charge in [-0.05, 0) is 5.92 Å². The van der Waals surface area contributed by atoms with E-state index in [1.807, 2.05) is 0 Å². The van der Waals surface area contributed by atoms with Gasteiger partial charge in [0.05, 0.1) is 18.9 Å². The number of rotatable bonds is 13. The Morgan fingerprint density at radius 2 is 1.33 bits per heavy atom. The molecule has 30 heavy (non-hydrogen) atoms.